The van der Waals surface area contributed by atoms with Gasteiger partial charge in [-0.1, -0.05) is 6.92 Å². The molecule has 0 atom stereocenters. The molecule has 2 aliphatic heterocycles. The van der Waals surface area contributed by atoms with Gasteiger partial charge in [-0.2, -0.15) is 9.67 Å². The van der Waals surface area contributed by atoms with E-state index in [1.807, 2.05) is 43.3 Å². The minimum atomic E-state index is -3.23. The van der Waals surface area contributed by atoms with Gasteiger partial charge in [0.1, 0.15) is 5.82 Å². The SMILES string of the molecule is CCCOC(=O)N1CCN(c2ccc(Nc3nc(N)n(-c4ccnc(N5CCCN(S(=O)(=O)CC)CC5)c4)n3)cc2)CC1. The van der Waals surface area contributed by atoms with E-state index in [2.05, 4.69) is 30.2 Å². The average Bonchev–Trinajstić information content (AvgIpc) is 3.22. The number of benzene rings is 1. The van der Waals surface area contributed by atoms with E-state index in [4.69, 9.17) is 10.5 Å². The number of aromatic nitrogens is 4. The second kappa shape index (κ2) is 13.5. The van der Waals surface area contributed by atoms with Crippen molar-refractivity contribution in [3.63, 3.8) is 0 Å². The van der Waals surface area contributed by atoms with E-state index in [0.29, 0.717) is 63.9 Å². The normalized spacial score (nSPS) is 16.7. The van der Waals surface area contributed by atoms with Crippen LogP contribution in [-0.2, 0) is 14.8 Å². The number of ether oxygens (including phenoxy) is 1. The zero-order valence-electron chi connectivity index (χ0n) is 24.7. The number of nitrogens with one attached hydrogen (secondary N) is 1. The summed E-state index contributed by atoms with van der Waals surface area (Å²) < 4.78 is 33.0. The first-order valence-electron chi connectivity index (χ1n) is 14.7. The number of piperazine rings is 1. The Morgan fingerprint density at radius 3 is 2.42 bits per heavy atom. The third-order valence-corrected chi connectivity index (χ3v) is 9.48. The van der Waals surface area contributed by atoms with Crippen molar-refractivity contribution in [2.75, 3.05) is 85.6 Å². The Hall–Kier alpha value is -4.11. The van der Waals surface area contributed by atoms with E-state index < -0.39 is 10.0 Å². The van der Waals surface area contributed by atoms with Gasteiger partial charge in [0, 0.05) is 76.0 Å². The van der Waals surface area contributed by atoms with Crippen molar-refractivity contribution >= 4 is 45.2 Å². The summed E-state index contributed by atoms with van der Waals surface area (Å²) in [6, 6.07) is 11.7. The van der Waals surface area contributed by atoms with Crippen LogP contribution in [0.2, 0.25) is 0 Å². The fourth-order valence-corrected chi connectivity index (χ4v) is 6.31. The molecule has 0 saturated carbocycles. The molecule has 232 valence electrons. The van der Waals surface area contributed by atoms with E-state index in [1.165, 1.54) is 0 Å². The van der Waals surface area contributed by atoms with Crippen molar-refractivity contribution in [2.24, 2.45) is 0 Å². The van der Waals surface area contributed by atoms with Crippen LogP contribution >= 0.6 is 0 Å². The smallest absolute Gasteiger partial charge is 0.409 e. The molecule has 3 aromatic rings. The Labute approximate surface area is 252 Å². The molecule has 2 aromatic heterocycles. The Kier molecular flexibility index (Phi) is 9.50. The molecular formula is C28H40N10O4S. The molecule has 2 fully saturated rings. The summed E-state index contributed by atoms with van der Waals surface area (Å²) >= 11 is 0. The van der Waals surface area contributed by atoms with Crippen LogP contribution in [0.15, 0.2) is 42.6 Å². The van der Waals surface area contributed by atoms with Gasteiger partial charge >= 0.3 is 6.09 Å². The average molecular weight is 613 g/mol. The summed E-state index contributed by atoms with van der Waals surface area (Å²) in [5.74, 6) is 1.41. The number of carbonyl (C=O) groups is 1. The number of amides is 1. The Bertz CT molecular complexity index is 1490. The van der Waals surface area contributed by atoms with Crippen molar-refractivity contribution in [1.29, 1.82) is 0 Å². The molecule has 0 unspecified atom stereocenters. The molecule has 1 aromatic carbocycles. The lowest BCUT2D eigenvalue weighted by molar-refractivity contribution is 0.100. The maximum absolute atomic E-state index is 12.3. The maximum atomic E-state index is 12.3. The second-order valence-corrected chi connectivity index (χ2v) is 12.7. The molecule has 4 heterocycles. The van der Waals surface area contributed by atoms with Gasteiger partial charge in [-0.05, 0) is 50.1 Å². The first-order valence-corrected chi connectivity index (χ1v) is 16.3. The minimum Gasteiger partial charge on any atom is -0.449 e. The topological polar surface area (TPSA) is 155 Å². The zero-order valence-corrected chi connectivity index (χ0v) is 25.5. The van der Waals surface area contributed by atoms with Gasteiger partial charge in [0.2, 0.25) is 21.9 Å². The van der Waals surface area contributed by atoms with E-state index in [1.54, 1.807) is 27.0 Å². The first kappa shape index (κ1) is 30.4. The number of hydrogen-bond donors (Lipinski definition) is 2. The van der Waals surface area contributed by atoms with Crippen molar-refractivity contribution in [3.8, 4) is 5.69 Å². The van der Waals surface area contributed by atoms with Crippen molar-refractivity contribution in [1.82, 2.24) is 29.0 Å². The Balaban J connectivity index is 1.20. The number of nitrogens with zero attached hydrogens (tertiary/aromatic N) is 8. The molecule has 43 heavy (non-hydrogen) atoms. The summed E-state index contributed by atoms with van der Waals surface area (Å²) in [6.45, 7) is 8.98. The highest BCUT2D eigenvalue weighted by Gasteiger charge is 2.25. The highest BCUT2D eigenvalue weighted by Crippen LogP contribution is 2.24. The van der Waals surface area contributed by atoms with Crippen LogP contribution in [-0.4, -0.2) is 108 Å². The zero-order chi connectivity index (χ0) is 30.4. The molecule has 3 N–H and O–H groups in total. The Morgan fingerprint density at radius 2 is 1.70 bits per heavy atom. The quantitative estimate of drug-likeness (QED) is 0.366. The molecular weight excluding hydrogens is 572 g/mol. The maximum Gasteiger partial charge on any atom is 0.409 e. The third kappa shape index (κ3) is 7.28. The molecule has 2 aliphatic rings. The second-order valence-electron chi connectivity index (χ2n) is 10.5. The molecule has 1 amide bonds. The third-order valence-electron chi connectivity index (χ3n) is 7.60. The molecule has 0 bridgehead atoms. The van der Waals surface area contributed by atoms with E-state index in [9.17, 15) is 13.2 Å². The number of nitrogen functional groups attached to an aromatic ring is 1. The van der Waals surface area contributed by atoms with Crippen LogP contribution in [0, 0.1) is 0 Å². The van der Waals surface area contributed by atoms with Gasteiger partial charge in [-0.15, -0.1) is 5.10 Å². The van der Waals surface area contributed by atoms with Crippen molar-refractivity contribution in [3.05, 3.63) is 42.6 Å². The highest BCUT2D eigenvalue weighted by molar-refractivity contribution is 7.89. The summed E-state index contributed by atoms with van der Waals surface area (Å²) in [4.78, 5) is 27.1. The molecule has 14 nitrogen and oxygen atoms in total. The fraction of sp³-hybridized carbons (Fsp3) is 0.500. The van der Waals surface area contributed by atoms with Crippen LogP contribution in [0.25, 0.3) is 5.69 Å². The fourth-order valence-electron chi connectivity index (χ4n) is 5.18. The molecule has 0 aliphatic carbocycles. The molecule has 15 heteroatoms. The standard InChI is InChI=1S/C28H40N10O4S/c1-3-20-42-28(39)36-16-14-34(15-17-36)23-8-6-22(7-9-23)31-27-32-26(29)38(33-27)24-10-11-30-25(21-24)35-12-5-13-37(19-18-35)43(40,41)4-2/h6-11,21H,3-5,12-20H2,1-2H3,(H3,29,31,32,33). The van der Waals surface area contributed by atoms with Gasteiger partial charge < -0.3 is 30.5 Å². The number of sulfonamides is 1. The molecule has 0 radical (unpaired) electrons. The summed E-state index contributed by atoms with van der Waals surface area (Å²) in [5, 5.41) is 7.79. The van der Waals surface area contributed by atoms with Crippen LogP contribution in [0.3, 0.4) is 0 Å². The van der Waals surface area contributed by atoms with Crippen LogP contribution in [0.1, 0.15) is 26.7 Å². The lowest BCUT2D eigenvalue weighted by Crippen LogP contribution is -2.49. The van der Waals surface area contributed by atoms with E-state index in [-0.39, 0.29) is 17.8 Å². The number of hydrogen-bond acceptors (Lipinski definition) is 11. The summed E-state index contributed by atoms with van der Waals surface area (Å²) in [7, 11) is -3.23. The molecule has 2 saturated heterocycles. The highest BCUT2D eigenvalue weighted by atomic mass is 32.2. The summed E-state index contributed by atoms with van der Waals surface area (Å²) in [6.07, 6.45) is 2.98. The minimum absolute atomic E-state index is 0.0999. The van der Waals surface area contributed by atoms with Gasteiger partial charge in [0.15, 0.2) is 0 Å². The van der Waals surface area contributed by atoms with Crippen molar-refractivity contribution in [2.45, 2.75) is 26.7 Å². The number of carbonyl (C=O) groups excluding carboxylic acids is 1. The van der Waals surface area contributed by atoms with E-state index in [0.717, 1.165) is 36.7 Å². The number of rotatable bonds is 9. The van der Waals surface area contributed by atoms with Crippen LogP contribution in [0.5, 0.6) is 0 Å². The molecule has 5 rings (SSSR count). The van der Waals surface area contributed by atoms with Gasteiger partial charge in [0.25, 0.3) is 0 Å². The monoisotopic (exact) mass is 612 g/mol. The molecule has 0 spiro atoms. The first-order chi connectivity index (χ1) is 20.8. The van der Waals surface area contributed by atoms with Crippen LogP contribution in [0.4, 0.5) is 33.9 Å². The predicted molar refractivity (Wildman–Crippen MR) is 167 cm³/mol. The lowest BCUT2D eigenvalue weighted by atomic mass is 10.2. The number of pyridine rings is 1. The van der Waals surface area contributed by atoms with Gasteiger partial charge in [-0.3, -0.25) is 0 Å². The van der Waals surface area contributed by atoms with Gasteiger partial charge in [-0.25, -0.2) is 22.5 Å². The summed E-state index contributed by atoms with van der Waals surface area (Å²) in [5.41, 5.74) is 8.83. The largest absolute Gasteiger partial charge is 0.449 e. The predicted octanol–water partition coefficient (Wildman–Crippen LogP) is 2.52. The van der Waals surface area contributed by atoms with Crippen molar-refractivity contribution < 1.29 is 17.9 Å². The van der Waals surface area contributed by atoms with Crippen LogP contribution < -0.4 is 20.9 Å². The van der Waals surface area contributed by atoms with Gasteiger partial charge in [0.05, 0.1) is 18.0 Å². The Morgan fingerprint density at radius 1 is 0.953 bits per heavy atom. The van der Waals surface area contributed by atoms with E-state index >= 15 is 0 Å². The lowest BCUT2D eigenvalue weighted by Gasteiger charge is -2.35. The number of anilines is 5. The number of nitrogens with two attached hydrogens (primary N) is 1.